The molecule has 1 aliphatic heterocycles. The van der Waals surface area contributed by atoms with Gasteiger partial charge < -0.3 is 14.7 Å². The number of carboxylic acid groups (broad SMARTS) is 1. The van der Waals surface area contributed by atoms with Crippen molar-refractivity contribution in [1.29, 1.82) is 0 Å². The monoisotopic (exact) mass is 309 g/mol. The van der Waals surface area contributed by atoms with Gasteiger partial charge in [0.05, 0.1) is 6.10 Å². The molecule has 0 amide bonds. The first kappa shape index (κ1) is 15.9. The van der Waals surface area contributed by atoms with Crippen LogP contribution < -0.4 is 4.90 Å². The van der Waals surface area contributed by atoms with Crippen molar-refractivity contribution in [2.75, 3.05) is 24.6 Å². The van der Waals surface area contributed by atoms with Crippen LogP contribution in [0.4, 0.5) is 5.69 Å². The predicted octanol–water partition coefficient (Wildman–Crippen LogP) is 3.44. The van der Waals surface area contributed by atoms with Gasteiger partial charge in [0.25, 0.3) is 0 Å². The molecular weight excluding hydrogens is 290 g/mol. The van der Waals surface area contributed by atoms with Crippen LogP contribution in [0.15, 0.2) is 24.3 Å². The highest BCUT2D eigenvalue weighted by Gasteiger charge is 2.21. The topological polar surface area (TPSA) is 49.8 Å². The molecule has 1 fully saturated rings. The van der Waals surface area contributed by atoms with Gasteiger partial charge in [-0.15, -0.1) is 0 Å². The van der Waals surface area contributed by atoms with E-state index in [1.165, 1.54) is 0 Å². The van der Waals surface area contributed by atoms with Crippen molar-refractivity contribution in [3.05, 3.63) is 34.9 Å². The molecule has 0 aliphatic carbocycles. The minimum atomic E-state index is -0.976. The lowest BCUT2D eigenvalue weighted by molar-refractivity contribution is -0.131. The molecule has 0 aromatic heterocycles. The molecule has 1 aliphatic rings. The summed E-state index contributed by atoms with van der Waals surface area (Å²) >= 11 is 6.21. The molecule has 0 unspecified atom stereocenters. The zero-order valence-electron chi connectivity index (χ0n) is 12.1. The number of anilines is 1. The van der Waals surface area contributed by atoms with Gasteiger partial charge in [0.1, 0.15) is 0 Å². The summed E-state index contributed by atoms with van der Waals surface area (Å²) in [6.07, 6.45) is 4.96. The summed E-state index contributed by atoms with van der Waals surface area (Å²) in [6, 6.07) is 5.65. The van der Waals surface area contributed by atoms with Gasteiger partial charge in [0.15, 0.2) is 0 Å². The number of carboxylic acids is 1. The Kier molecular flexibility index (Phi) is 5.65. The molecule has 1 aromatic rings. The molecule has 0 spiro atoms. The molecule has 1 heterocycles. The van der Waals surface area contributed by atoms with E-state index in [1.54, 1.807) is 12.1 Å². The van der Waals surface area contributed by atoms with Gasteiger partial charge in [0, 0.05) is 42.0 Å². The maximum atomic E-state index is 10.7. The summed E-state index contributed by atoms with van der Waals surface area (Å²) < 4.78 is 5.66. The van der Waals surface area contributed by atoms with E-state index in [-0.39, 0.29) is 0 Å². The van der Waals surface area contributed by atoms with Crippen molar-refractivity contribution in [3.63, 3.8) is 0 Å². The molecule has 1 saturated heterocycles. The molecule has 4 nitrogen and oxygen atoms in total. The van der Waals surface area contributed by atoms with Crippen molar-refractivity contribution < 1.29 is 14.6 Å². The van der Waals surface area contributed by atoms with Gasteiger partial charge in [-0.1, -0.05) is 17.7 Å². The van der Waals surface area contributed by atoms with Gasteiger partial charge in [-0.25, -0.2) is 4.79 Å². The van der Waals surface area contributed by atoms with Gasteiger partial charge in [-0.3, -0.25) is 0 Å². The quantitative estimate of drug-likeness (QED) is 0.846. The number of rotatable bonds is 5. The Labute approximate surface area is 130 Å². The number of hydrogen-bond acceptors (Lipinski definition) is 3. The first-order valence-corrected chi connectivity index (χ1v) is 7.55. The lowest BCUT2D eigenvalue weighted by Crippen LogP contribution is -2.37. The van der Waals surface area contributed by atoms with Crippen LogP contribution in [0, 0.1) is 0 Å². The SMILES string of the molecule is CCOC1CCN(c2cccc(Cl)c2/C=C/C(=O)O)CC1. The number of carbonyl (C=O) groups is 1. The lowest BCUT2D eigenvalue weighted by Gasteiger charge is -2.34. The fraction of sp³-hybridized carbons (Fsp3) is 0.438. The Morgan fingerprint density at radius 3 is 2.81 bits per heavy atom. The van der Waals surface area contributed by atoms with Crippen LogP contribution >= 0.6 is 11.6 Å². The second-order valence-corrected chi connectivity index (χ2v) is 5.39. The van der Waals surface area contributed by atoms with E-state index in [1.807, 2.05) is 19.1 Å². The van der Waals surface area contributed by atoms with E-state index in [0.717, 1.165) is 49.9 Å². The van der Waals surface area contributed by atoms with Crippen LogP contribution in [-0.2, 0) is 9.53 Å². The number of benzene rings is 1. The summed E-state index contributed by atoms with van der Waals surface area (Å²) in [4.78, 5) is 13.0. The largest absolute Gasteiger partial charge is 0.478 e. The van der Waals surface area contributed by atoms with E-state index in [0.29, 0.717) is 11.1 Å². The first-order chi connectivity index (χ1) is 10.1. The Hall–Kier alpha value is -1.52. The highest BCUT2D eigenvalue weighted by atomic mass is 35.5. The van der Waals surface area contributed by atoms with Gasteiger partial charge in [0.2, 0.25) is 0 Å². The highest BCUT2D eigenvalue weighted by Crippen LogP contribution is 2.31. The van der Waals surface area contributed by atoms with Crippen LogP contribution in [0.25, 0.3) is 6.08 Å². The van der Waals surface area contributed by atoms with E-state index >= 15 is 0 Å². The third-order valence-corrected chi connectivity index (χ3v) is 3.94. The Balaban J connectivity index is 2.17. The van der Waals surface area contributed by atoms with Gasteiger partial charge >= 0.3 is 5.97 Å². The summed E-state index contributed by atoms with van der Waals surface area (Å²) in [6.45, 7) is 4.53. The summed E-state index contributed by atoms with van der Waals surface area (Å²) in [7, 11) is 0. The Bertz CT molecular complexity index is 522. The minimum absolute atomic E-state index is 0.323. The second-order valence-electron chi connectivity index (χ2n) is 4.99. The second kappa shape index (κ2) is 7.48. The number of aliphatic carboxylic acids is 1. The maximum absolute atomic E-state index is 10.7. The Morgan fingerprint density at radius 1 is 1.48 bits per heavy atom. The normalized spacial score (nSPS) is 16.6. The Morgan fingerprint density at radius 2 is 2.19 bits per heavy atom. The maximum Gasteiger partial charge on any atom is 0.328 e. The molecule has 1 aromatic carbocycles. The van der Waals surface area contributed by atoms with E-state index in [4.69, 9.17) is 21.4 Å². The molecule has 0 saturated carbocycles. The summed E-state index contributed by atoms with van der Waals surface area (Å²) in [5.41, 5.74) is 1.74. The highest BCUT2D eigenvalue weighted by molar-refractivity contribution is 6.32. The van der Waals surface area contributed by atoms with Crippen molar-refractivity contribution in [2.45, 2.75) is 25.9 Å². The smallest absolute Gasteiger partial charge is 0.328 e. The fourth-order valence-corrected chi connectivity index (χ4v) is 2.85. The molecule has 2 rings (SSSR count). The molecule has 0 radical (unpaired) electrons. The van der Waals surface area contributed by atoms with Crippen LogP contribution in [0.2, 0.25) is 5.02 Å². The number of piperidine rings is 1. The molecule has 0 bridgehead atoms. The van der Waals surface area contributed by atoms with Crippen molar-refractivity contribution in [3.8, 4) is 0 Å². The fourth-order valence-electron chi connectivity index (χ4n) is 2.62. The third-order valence-electron chi connectivity index (χ3n) is 3.61. The van der Waals surface area contributed by atoms with Crippen molar-refractivity contribution in [2.24, 2.45) is 0 Å². The minimum Gasteiger partial charge on any atom is -0.478 e. The molecule has 21 heavy (non-hydrogen) atoms. The number of nitrogens with zero attached hydrogens (tertiary/aromatic N) is 1. The molecule has 5 heteroatoms. The van der Waals surface area contributed by atoms with Crippen LogP contribution in [0.5, 0.6) is 0 Å². The molecular formula is C16H20ClNO3. The van der Waals surface area contributed by atoms with Crippen molar-refractivity contribution in [1.82, 2.24) is 0 Å². The summed E-state index contributed by atoms with van der Waals surface area (Å²) in [5, 5.41) is 9.37. The zero-order chi connectivity index (χ0) is 15.2. The van der Waals surface area contributed by atoms with Crippen molar-refractivity contribution >= 4 is 29.3 Å². The number of hydrogen-bond donors (Lipinski definition) is 1. The van der Waals surface area contributed by atoms with Gasteiger partial charge in [-0.2, -0.15) is 0 Å². The molecule has 114 valence electrons. The van der Waals surface area contributed by atoms with Gasteiger partial charge in [-0.05, 0) is 38.0 Å². The molecule has 1 N–H and O–H groups in total. The average Bonchev–Trinajstić information content (AvgIpc) is 2.47. The van der Waals surface area contributed by atoms with E-state index < -0.39 is 5.97 Å². The predicted molar refractivity (Wildman–Crippen MR) is 85.0 cm³/mol. The number of halogens is 1. The van der Waals surface area contributed by atoms with E-state index in [2.05, 4.69) is 4.90 Å². The average molecular weight is 310 g/mol. The molecule has 0 atom stereocenters. The van der Waals surface area contributed by atoms with Crippen LogP contribution in [0.3, 0.4) is 0 Å². The number of ether oxygens (including phenoxy) is 1. The third kappa shape index (κ3) is 4.22. The summed E-state index contributed by atoms with van der Waals surface area (Å²) in [5.74, 6) is -0.976. The van der Waals surface area contributed by atoms with Crippen LogP contribution in [-0.4, -0.2) is 36.9 Å². The lowest BCUT2D eigenvalue weighted by atomic mass is 10.0. The standard InChI is InChI=1S/C16H20ClNO3/c1-2-21-12-8-10-18(11-9-12)15-5-3-4-14(17)13(15)6-7-16(19)20/h3-7,12H,2,8-11H2,1H3,(H,19,20)/b7-6+. The van der Waals surface area contributed by atoms with E-state index in [9.17, 15) is 4.79 Å². The first-order valence-electron chi connectivity index (χ1n) is 7.18. The zero-order valence-corrected chi connectivity index (χ0v) is 12.8. The van der Waals surface area contributed by atoms with Crippen LogP contribution in [0.1, 0.15) is 25.3 Å².